The molecule has 0 aliphatic carbocycles. The second-order valence-corrected chi connectivity index (χ2v) is 9.51. The summed E-state index contributed by atoms with van der Waals surface area (Å²) in [4.78, 5) is 12.3. The first-order valence-corrected chi connectivity index (χ1v) is 11.5. The molecule has 1 atom stereocenters. The highest BCUT2D eigenvalue weighted by Gasteiger charge is 2.25. The lowest BCUT2D eigenvalue weighted by Gasteiger charge is -2.33. The van der Waals surface area contributed by atoms with Crippen LogP contribution < -0.4 is 0 Å². The number of unbranched alkanes of at least 4 members (excludes halogenated alkanes) is 1. The largest absolute Gasteiger partial charge is 0.286 e. The Hall–Kier alpha value is -2.52. The van der Waals surface area contributed by atoms with E-state index in [4.69, 9.17) is 9.97 Å². The van der Waals surface area contributed by atoms with E-state index in [-0.39, 0.29) is 11.5 Å². The molecule has 0 bridgehead atoms. The van der Waals surface area contributed by atoms with Crippen molar-refractivity contribution in [3.05, 3.63) is 95.1 Å². The number of nitrogens with zero attached hydrogens (tertiary/aromatic N) is 3. The van der Waals surface area contributed by atoms with E-state index in [0.29, 0.717) is 0 Å². The number of aryl methyl sites for hydroxylation is 1. The molecular formula is C28H37N3. The van der Waals surface area contributed by atoms with Crippen molar-refractivity contribution < 1.29 is 0 Å². The smallest absolute Gasteiger partial charge is 0.125 e. The summed E-state index contributed by atoms with van der Waals surface area (Å²) in [6, 6.07) is 24.1. The molecule has 0 aliphatic rings. The van der Waals surface area contributed by atoms with Gasteiger partial charge in [-0.25, -0.2) is 9.97 Å². The van der Waals surface area contributed by atoms with Crippen molar-refractivity contribution in [1.82, 2.24) is 14.9 Å². The maximum absolute atomic E-state index is 4.95. The summed E-state index contributed by atoms with van der Waals surface area (Å²) in [5.41, 5.74) is 4.94. The van der Waals surface area contributed by atoms with Crippen molar-refractivity contribution >= 4 is 0 Å². The van der Waals surface area contributed by atoms with Gasteiger partial charge < -0.3 is 0 Å². The van der Waals surface area contributed by atoms with Gasteiger partial charge in [-0.1, -0.05) is 101 Å². The first kappa shape index (κ1) is 23.1. The summed E-state index contributed by atoms with van der Waals surface area (Å²) in [5, 5.41) is 0. The van der Waals surface area contributed by atoms with Crippen molar-refractivity contribution in [2.75, 3.05) is 0 Å². The van der Waals surface area contributed by atoms with Crippen LogP contribution in [0.25, 0.3) is 0 Å². The van der Waals surface area contributed by atoms with Crippen LogP contribution in [-0.2, 0) is 18.5 Å². The summed E-state index contributed by atoms with van der Waals surface area (Å²) < 4.78 is 0. The summed E-state index contributed by atoms with van der Waals surface area (Å²) in [6.45, 7) is 12.8. The second kappa shape index (κ2) is 10.7. The Labute approximate surface area is 188 Å². The zero-order valence-corrected chi connectivity index (χ0v) is 19.8. The van der Waals surface area contributed by atoms with Gasteiger partial charge in [-0.15, -0.1) is 0 Å². The minimum atomic E-state index is 0.00143. The maximum atomic E-state index is 4.95. The first-order chi connectivity index (χ1) is 14.9. The molecular weight excluding hydrogens is 378 g/mol. The van der Waals surface area contributed by atoms with Gasteiger partial charge in [-0.05, 0) is 30.5 Å². The summed E-state index contributed by atoms with van der Waals surface area (Å²) >= 11 is 0. The molecule has 0 amide bonds. The summed E-state index contributed by atoms with van der Waals surface area (Å²) in [5.74, 6) is 0.864. The molecule has 0 N–H and O–H groups in total. The van der Waals surface area contributed by atoms with Crippen molar-refractivity contribution in [1.29, 1.82) is 0 Å². The Morgan fingerprint density at radius 1 is 0.839 bits per heavy atom. The molecule has 0 saturated heterocycles. The van der Waals surface area contributed by atoms with Crippen LogP contribution >= 0.6 is 0 Å². The molecule has 3 aromatic rings. The quantitative estimate of drug-likeness (QED) is 0.376. The Bertz CT molecular complexity index is 888. The van der Waals surface area contributed by atoms with E-state index in [0.717, 1.165) is 36.7 Å². The Morgan fingerprint density at radius 2 is 1.39 bits per heavy atom. The third-order valence-corrected chi connectivity index (χ3v) is 5.70. The molecule has 31 heavy (non-hydrogen) atoms. The number of rotatable bonds is 9. The van der Waals surface area contributed by atoms with Crippen LogP contribution in [0.5, 0.6) is 0 Å². The van der Waals surface area contributed by atoms with Gasteiger partial charge in [0.25, 0.3) is 0 Å². The highest BCUT2D eigenvalue weighted by atomic mass is 15.2. The SMILES string of the molecule is CCCC[C@@H](c1cc(C(C)(C)C)nc(C)n1)N(Cc1ccccc1)Cc1ccccc1. The van der Waals surface area contributed by atoms with E-state index < -0.39 is 0 Å². The molecule has 0 fully saturated rings. The fourth-order valence-corrected chi connectivity index (χ4v) is 3.97. The average molecular weight is 416 g/mol. The second-order valence-electron chi connectivity index (χ2n) is 9.51. The fraction of sp³-hybridized carbons (Fsp3) is 0.429. The number of hydrogen-bond donors (Lipinski definition) is 0. The number of hydrogen-bond acceptors (Lipinski definition) is 3. The molecule has 0 spiro atoms. The lowest BCUT2D eigenvalue weighted by Crippen LogP contribution is -2.30. The molecule has 0 aliphatic heterocycles. The van der Waals surface area contributed by atoms with Crippen LogP contribution in [0, 0.1) is 6.92 Å². The molecule has 3 heteroatoms. The Morgan fingerprint density at radius 3 is 1.87 bits per heavy atom. The third kappa shape index (κ3) is 6.73. The molecule has 1 heterocycles. The molecule has 3 nitrogen and oxygen atoms in total. The summed E-state index contributed by atoms with van der Waals surface area (Å²) in [7, 11) is 0. The highest BCUT2D eigenvalue weighted by molar-refractivity contribution is 5.23. The molecule has 0 unspecified atom stereocenters. The average Bonchev–Trinajstić information content (AvgIpc) is 2.74. The minimum absolute atomic E-state index is 0.00143. The zero-order valence-electron chi connectivity index (χ0n) is 19.8. The Balaban J connectivity index is 2.02. The van der Waals surface area contributed by atoms with Crippen LogP contribution in [0.15, 0.2) is 66.7 Å². The zero-order chi connectivity index (χ0) is 22.3. The van der Waals surface area contributed by atoms with Crippen LogP contribution in [0.2, 0.25) is 0 Å². The fourth-order valence-electron chi connectivity index (χ4n) is 3.97. The minimum Gasteiger partial charge on any atom is -0.286 e. The van der Waals surface area contributed by atoms with Gasteiger partial charge >= 0.3 is 0 Å². The number of aromatic nitrogens is 2. The van der Waals surface area contributed by atoms with E-state index in [1.807, 2.05) is 6.92 Å². The summed E-state index contributed by atoms with van der Waals surface area (Å²) in [6.07, 6.45) is 3.45. The lowest BCUT2D eigenvalue weighted by molar-refractivity contribution is 0.162. The van der Waals surface area contributed by atoms with Crippen LogP contribution in [0.3, 0.4) is 0 Å². The molecule has 0 saturated carbocycles. The van der Waals surface area contributed by atoms with E-state index in [2.05, 4.69) is 99.3 Å². The van der Waals surface area contributed by atoms with Gasteiger partial charge in [-0.3, -0.25) is 4.90 Å². The Kier molecular flexibility index (Phi) is 7.97. The standard InChI is InChI=1S/C28H37N3/c1-6-7-18-26(25-19-27(28(3,4)5)30-22(2)29-25)31(20-23-14-10-8-11-15-23)21-24-16-12-9-13-17-24/h8-17,19,26H,6-7,18,20-21H2,1-5H3/t26-/m0/s1. The van der Waals surface area contributed by atoms with E-state index >= 15 is 0 Å². The molecule has 0 radical (unpaired) electrons. The van der Waals surface area contributed by atoms with E-state index in [9.17, 15) is 0 Å². The van der Waals surface area contributed by atoms with Gasteiger partial charge in [0.15, 0.2) is 0 Å². The monoisotopic (exact) mass is 415 g/mol. The topological polar surface area (TPSA) is 29.0 Å². The van der Waals surface area contributed by atoms with Gasteiger partial charge in [0.1, 0.15) is 5.82 Å². The van der Waals surface area contributed by atoms with Crippen LogP contribution in [0.1, 0.15) is 81.3 Å². The van der Waals surface area contributed by atoms with Crippen LogP contribution in [-0.4, -0.2) is 14.9 Å². The normalized spacial score (nSPS) is 12.8. The lowest BCUT2D eigenvalue weighted by atomic mass is 9.90. The van der Waals surface area contributed by atoms with E-state index in [1.54, 1.807) is 0 Å². The van der Waals surface area contributed by atoms with Gasteiger partial charge in [0, 0.05) is 24.2 Å². The molecule has 2 aromatic carbocycles. The van der Waals surface area contributed by atoms with Gasteiger partial charge in [0.2, 0.25) is 0 Å². The molecule has 164 valence electrons. The molecule has 3 rings (SSSR count). The third-order valence-electron chi connectivity index (χ3n) is 5.70. The van der Waals surface area contributed by atoms with Gasteiger partial charge in [0.05, 0.1) is 11.7 Å². The van der Waals surface area contributed by atoms with Crippen molar-refractivity contribution in [2.24, 2.45) is 0 Å². The van der Waals surface area contributed by atoms with E-state index in [1.165, 1.54) is 24.0 Å². The highest BCUT2D eigenvalue weighted by Crippen LogP contribution is 2.31. The molecule has 1 aromatic heterocycles. The van der Waals surface area contributed by atoms with Gasteiger partial charge in [-0.2, -0.15) is 0 Å². The first-order valence-electron chi connectivity index (χ1n) is 11.5. The maximum Gasteiger partial charge on any atom is 0.125 e. The predicted molar refractivity (Wildman–Crippen MR) is 130 cm³/mol. The van der Waals surface area contributed by atoms with Crippen molar-refractivity contribution in [3.63, 3.8) is 0 Å². The number of benzene rings is 2. The predicted octanol–water partition coefficient (Wildman–Crippen LogP) is 7.02. The van der Waals surface area contributed by atoms with Crippen molar-refractivity contribution in [2.45, 2.75) is 78.4 Å². The van der Waals surface area contributed by atoms with Crippen molar-refractivity contribution in [3.8, 4) is 0 Å². The van der Waals surface area contributed by atoms with Crippen LogP contribution in [0.4, 0.5) is 0 Å².